The number of rotatable bonds is 9. The van der Waals surface area contributed by atoms with Gasteiger partial charge < -0.3 is 15.1 Å². The van der Waals surface area contributed by atoms with E-state index in [0.29, 0.717) is 22.8 Å². The van der Waals surface area contributed by atoms with Gasteiger partial charge in [0, 0.05) is 49.0 Å². The van der Waals surface area contributed by atoms with E-state index in [9.17, 15) is 13.2 Å². The number of piperazine rings is 1. The molecule has 0 unspecified atom stereocenters. The lowest BCUT2D eigenvalue weighted by Crippen LogP contribution is -2.44. The maximum Gasteiger partial charge on any atom is 0.261 e. The van der Waals surface area contributed by atoms with E-state index in [1.54, 1.807) is 24.3 Å². The molecule has 0 atom stereocenters. The highest BCUT2D eigenvalue weighted by Crippen LogP contribution is 2.19. The standard InChI is InChI=1S/C22H29ClN4O3S/c1-26-14-16-27(17-15-26)13-3-2-12-24-22(28)18-4-10-21(11-5-18)31(29,30)25-20-8-6-19(23)7-9-20/h4-11,25H,2-3,12-17H2,1H3,(H,24,28). The Morgan fingerprint density at radius 1 is 0.968 bits per heavy atom. The molecule has 0 bridgehead atoms. The Kier molecular flexibility index (Phi) is 8.31. The molecule has 1 aliphatic heterocycles. The van der Waals surface area contributed by atoms with Crippen LogP contribution in [-0.2, 0) is 10.0 Å². The van der Waals surface area contributed by atoms with Gasteiger partial charge in [0.15, 0.2) is 0 Å². The van der Waals surface area contributed by atoms with Crippen LogP contribution >= 0.6 is 11.6 Å². The van der Waals surface area contributed by atoms with Crippen molar-refractivity contribution >= 4 is 33.2 Å². The Morgan fingerprint density at radius 3 is 2.26 bits per heavy atom. The molecule has 1 amide bonds. The minimum atomic E-state index is -3.74. The second kappa shape index (κ2) is 10.9. The van der Waals surface area contributed by atoms with E-state index in [1.165, 1.54) is 24.3 Å². The van der Waals surface area contributed by atoms with Crippen LogP contribution < -0.4 is 10.0 Å². The predicted molar refractivity (Wildman–Crippen MR) is 124 cm³/mol. The quantitative estimate of drug-likeness (QED) is 0.557. The number of anilines is 1. The summed E-state index contributed by atoms with van der Waals surface area (Å²) in [6.07, 6.45) is 1.95. The van der Waals surface area contributed by atoms with Crippen molar-refractivity contribution in [3.8, 4) is 0 Å². The molecule has 2 aromatic rings. The molecule has 1 fully saturated rings. The SMILES string of the molecule is CN1CCN(CCCCNC(=O)c2ccc(S(=O)(=O)Nc3ccc(Cl)cc3)cc2)CC1. The van der Waals surface area contributed by atoms with Gasteiger partial charge in [-0.25, -0.2) is 8.42 Å². The summed E-state index contributed by atoms with van der Waals surface area (Å²) in [5, 5.41) is 3.43. The first-order valence-corrected chi connectivity index (χ1v) is 12.3. The molecule has 168 valence electrons. The Balaban J connectivity index is 1.43. The van der Waals surface area contributed by atoms with Crippen LogP contribution in [-0.4, -0.2) is 70.4 Å². The molecule has 2 aromatic carbocycles. The van der Waals surface area contributed by atoms with Gasteiger partial charge in [-0.05, 0) is 75.0 Å². The zero-order valence-corrected chi connectivity index (χ0v) is 19.3. The summed E-state index contributed by atoms with van der Waals surface area (Å²) < 4.78 is 27.5. The molecule has 7 nitrogen and oxygen atoms in total. The number of amides is 1. The Morgan fingerprint density at radius 2 is 1.61 bits per heavy atom. The number of sulfonamides is 1. The van der Waals surface area contributed by atoms with Crippen LogP contribution in [0.1, 0.15) is 23.2 Å². The van der Waals surface area contributed by atoms with Crippen LogP contribution in [0.25, 0.3) is 0 Å². The highest BCUT2D eigenvalue weighted by molar-refractivity contribution is 7.92. The van der Waals surface area contributed by atoms with Gasteiger partial charge in [0.2, 0.25) is 0 Å². The van der Waals surface area contributed by atoms with Gasteiger partial charge in [-0.15, -0.1) is 0 Å². The molecule has 31 heavy (non-hydrogen) atoms. The van der Waals surface area contributed by atoms with Gasteiger partial charge in [-0.3, -0.25) is 9.52 Å². The molecule has 0 saturated carbocycles. The van der Waals surface area contributed by atoms with Crippen molar-refractivity contribution in [2.24, 2.45) is 0 Å². The molecular weight excluding hydrogens is 436 g/mol. The average molecular weight is 465 g/mol. The van der Waals surface area contributed by atoms with Crippen LogP contribution in [0.15, 0.2) is 53.4 Å². The van der Waals surface area contributed by atoms with Gasteiger partial charge in [0.05, 0.1) is 4.90 Å². The summed E-state index contributed by atoms with van der Waals surface area (Å²) in [5.41, 5.74) is 0.854. The van der Waals surface area contributed by atoms with Crippen molar-refractivity contribution < 1.29 is 13.2 Å². The Labute approximate surface area is 189 Å². The second-order valence-electron chi connectivity index (χ2n) is 7.74. The van der Waals surface area contributed by atoms with Crippen LogP contribution in [0.4, 0.5) is 5.69 Å². The summed E-state index contributed by atoms with van der Waals surface area (Å²) in [7, 11) is -1.60. The highest BCUT2D eigenvalue weighted by Gasteiger charge is 2.16. The van der Waals surface area contributed by atoms with E-state index in [-0.39, 0.29) is 10.8 Å². The van der Waals surface area contributed by atoms with Crippen LogP contribution in [0.3, 0.4) is 0 Å². The van der Waals surface area contributed by atoms with Gasteiger partial charge in [-0.1, -0.05) is 11.6 Å². The lowest BCUT2D eigenvalue weighted by molar-refractivity contribution is 0.0951. The van der Waals surface area contributed by atoms with E-state index >= 15 is 0 Å². The number of nitrogens with zero attached hydrogens (tertiary/aromatic N) is 2. The highest BCUT2D eigenvalue weighted by atomic mass is 35.5. The van der Waals surface area contributed by atoms with Crippen molar-refractivity contribution in [3.63, 3.8) is 0 Å². The number of carbonyl (C=O) groups excluding carboxylic acids is 1. The van der Waals surface area contributed by atoms with Crippen molar-refractivity contribution in [2.75, 3.05) is 51.0 Å². The number of unbranched alkanes of at least 4 members (excludes halogenated alkanes) is 1. The molecule has 9 heteroatoms. The molecular formula is C22H29ClN4O3S. The van der Waals surface area contributed by atoms with E-state index < -0.39 is 10.0 Å². The predicted octanol–water partition coefficient (Wildman–Crippen LogP) is 2.90. The van der Waals surface area contributed by atoms with Crippen LogP contribution in [0.5, 0.6) is 0 Å². The summed E-state index contributed by atoms with van der Waals surface area (Å²) >= 11 is 5.82. The Hall–Kier alpha value is -2.13. The smallest absolute Gasteiger partial charge is 0.261 e. The maximum atomic E-state index is 12.5. The first kappa shape index (κ1) is 23.5. The monoisotopic (exact) mass is 464 g/mol. The Bertz CT molecular complexity index is 957. The third-order valence-corrected chi connectivity index (χ3v) is 6.95. The van der Waals surface area contributed by atoms with Crippen molar-refractivity contribution in [3.05, 3.63) is 59.1 Å². The number of nitrogens with one attached hydrogen (secondary N) is 2. The van der Waals surface area contributed by atoms with Gasteiger partial charge >= 0.3 is 0 Å². The van der Waals surface area contributed by atoms with Gasteiger partial charge in [-0.2, -0.15) is 0 Å². The number of likely N-dealkylation sites (N-methyl/N-ethyl adjacent to an activating group) is 1. The molecule has 0 aromatic heterocycles. The fourth-order valence-electron chi connectivity index (χ4n) is 3.35. The maximum absolute atomic E-state index is 12.5. The fraction of sp³-hybridized carbons (Fsp3) is 0.409. The molecule has 1 aliphatic rings. The topological polar surface area (TPSA) is 81.8 Å². The lowest BCUT2D eigenvalue weighted by atomic mass is 10.2. The molecule has 0 radical (unpaired) electrons. The number of hydrogen-bond donors (Lipinski definition) is 2. The van der Waals surface area contributed by atoms with Gasteiger partial charge in [0.25, 0.3) is 15.9 Å². The molecule has 2 N–H and O–H groups in total. The first-order valence-electron chi connectivity index (χ1n) is 10.4. The van der Waals surface area contributed by atoms with Crippen LogP contribution in [0.2, 0.25) is 5.02 Å². The summed E-state index contributed by atoms with van der Waals surface area (Å²) in [6, 6.07) is 12.3. The second-order valence-corrected chi connectivity index (χ2v) is 9.86. The van der Waals surface area contributed by atoms with Crippen molar-refractivity contribution in [2.45, 2.75) is 17.7 Å². The molecule has 0 spiro atoms. The zero-order valence-electron chi connectivity index (χ0n) is 17.7. The number of carbonyl (C=O) groups is 1. The fourth-order valence-corrected chi connectivity index (χ4v) is 4.54. The summed E-state index contributed by atoms with van der Waals surface area (Å²) in [4.78, 5) is 17.2. The largest absolute Gasteiger partial charge is 0.352 e. The van der Waals surface area contributed by atoms with E-state index in [1.807, 2.05) is 0 Å². The average Bonchev–Trinajstić information content (AvgIpc) is 2.76. The molecule has 0 aliphatic carbocycles. The summed E-state index contributed by atoms with van der Waals surface area (Å²) in [6.45, 7) is 6.08. The van der Waals surface area contributed by atoms with Gasteiger partial charge in [0.1, 0.15) is 0 Å². The van der Waals surface area contributed by atoms with E-state index in [2.05, 4.69) is 26.9 Å². The number of hydrogen-bond acceptors (Lipinski definition) is 5. The molecule has 3 rings (SSSR count). The van der Waals surface area contributed by atoms with Crippen molar-refractivity contribution in [1.29, 1.82) is 0 Å². The van der Waals surface area contributed by atoms with E-state index in [4.69, 9.17) is 11.6 Å². The van der Waals surface area contributed by atoms with Crippen molar-refractivity contribution in [1.82, 2.24) is 15.1 Å². The minimum absolute atomic E-state index is 0.0891. The third kappa shape index (κ3) is 7.21. The molecule has 1 saturated heterocycles. The normalized spacial score (nSPS) is 15.5. The molecule has 1 heterocycles. The van der Waals surface area contributed by atoms with Crippen LogP contribution in [0, 0.1) is 0 Å². The lowest BCUT2D eigenvalue weighted by Gasteiger charge is -2.32. The number of halogens is 1. The first-order chi connectivity index (χ1) is 14.8. The zero-order chi connectivity index (χ0) is 22.3. The number of benzene rings is 2. The van der Waals surface area contributed by atoms with E-state index in [0.717, 1.165) is 45.6 Å². The third-order valence-electron chi connectivity index (χ3n) is 5.31. The summed E-state index contributed by atoms with van der Waals surface area (Å²) in [5.74, 6) is -0.200. The minimum Gasteiger partial charge on any atom is -0.352 e.